The van der Waals surface area contributed by atoms with Gasteiger partial charge in [0.15, 0.2) is 5.03 Å². The van der Waals surface area contributed by atoms with Crippen molar-refractivity contribution in [1.29, 1.82) is 0 Å². The zero-order chi connectivity index (χ0) is 13.9. The lowest BCUT2D eigenvalue weighted by atomic mass is 9.96. The van der Waals surface area contributed by atoms with Gasteiger partial charge in [0.25, 0.3) is 10.0 Å². The molecule has 1 aromatic rings. The summed E-state index contributed by atoms with van der Waals surface area (Å²) in [7, 11) is -1.83. The topological polar surface area (TPSA) is 76.3 Å². The van der Waals surface area contributed by atoms with Gasteiger partial charge in [0, 0.05) is 25.8 Å². The van der Waals surface area contributed by atoms with Crippen LogP contribution < -0.4 is 5.73 Å². The molecule has 6 heteroatoms. The van der Waals surface area contributed by atoms with Crippen LogP contribution in [-0.4, -0.2) is 30.8 Å². The van der Waals surface area contributed by atoms with Crippen LogP contribution in [0.4, 0.5) is 0 Å². The van der Waals surface area contributed by atoms with Crippen LogP contribution in [0.1, 0.15) is 37.7 Å². The van der Waals surface area contributed by atoms with E-state index in [0.717, 1.165) is 31.2 Å². The highest BCUT2D eigenvalue weighted by Gasteiger charge is 2.29. The minimum Gasteiger partial charge on any atom is -0.326 e. The molecule has 0 aliphatic heterocycles. The van der Waals surface area contributed by atoms with E-state index in [2.05, 4.69) is 4.98 Å². The largest absolute Gasteiger partial charge is 0.326 e. The highest BCUT2D eigenvalue weighted by atomic mass is 32.2. The van der Waals surface area contributed by atoms with E-state index in [1.54, 1.807) is 13.1 Å². The van der Waals surface area contributed by atoms with E-state index in [9.17, 15) is 8.42 Å². The second kappa shape index (κ2) is 5.98. The first-order valence-corrected chi connectivity index (χ1v) is 8.12. The normalized spacial score (nSPS) is 17.8. The summed E-state index contributed by atoms with van der Waals surface area (Å²) in [6.07, 6.45) is 6.82. The molecule has 0 unspecified atom stereocenters. The first kappa shape index (κ1) is 14.4. The van der Waals surface area contributed by atoms with Crippen molar-refractivity contribution in [1.82, 2.24) is 9.29 Å². The minimum atomic E-state index is -3.48. The van der Waals surface area contributed by atoms with Crippen LogP contribution in [0.5, 0.6) is 0 Å². The smallest absolute Gasteiger partial charge is 0.260 e. The lowest BCUT2D eigenvalue weighted by molar-refractivity contribution is 0.285. The summed E-state index contributed by atoms with van der Waals surface area (Å²) in [5.41, 5.74) is 6.32. The van der Waals surface area contributed by atoms with Gasteiger partial charge >= 0.3 is 0 Å². The molecule has 0 aromatic carbocycles. The fourth-order valence-corrected chi connectivity index (χ4v) is 3.80. The zero-order valence-electron chi connectivity index (χ0n) is 11.2. The fourth-order valence-electron chi connectivity index (χ4n) is 2.47. The van der Waals surface area contributed by atoms with Crippen molar-refractivity contribution in [2.45, 2.75) is 49.7 Å². The van der Waals surface area contributed by atoms with E-state index in [4.69, 9.17) is 5.73 Å². The molecule has 1 aliphatic rings. The Balaban J connectivity index is 2.19. The van der Waals surface area contributed by atoms with E-state index in [1.165, 1.54) is 23.0 Å². The Kier molecular flexibility index (Phi) is 4.54. The SMILES string of the molecule is CN(C1CCCCC1)S(=O)(=O)c1ccc(CN)cn1. The van der Waals surface area contributed by atoms with Crippen molar-refractivity contribution < 1.29 is 8.42 Å². The van der Waals surface area contributed by atoms with Crippen LogP contribution in [0.3, 0.4) is 0 Å². The maximum absolute atomic E-state index is 12.5. The Morgan fingerprint density at radius 1 is 1.32 bits per heavy atom. The third-order valence-corrected chi connectivity index (χ3v) is 5.59. The fraction of sp³-hybridized carbons (Fsp3) is 0.615. The molecule has 5 nitrogen and oxygen atoms in total. The minimum absolute atomic E-state index is 0.106. The number of nitrogens with zero attached hydrogens (tertiary/aromatic N) is 2. The molecule has 1 aromatic heterocycles. The van der Waals surface area contributed by atoms with E-state index < -0.39 is 10.0 Å². The molecule has 0 spiro atoms. The highest BCUT2D eigenvalue weighted by Crippen LogP contribution is 2.25. The van der Waals surface area contributed by atoms with E-state index in [-0.39, 0.29) is 11.1 Å². The summed E-state index contributed by atoms with van der Waals surface area (Å²) in [6.45, 7) is 0.367. The van der Waals surface area contributed by atoms with Gasteiger partial charge < -0.3 is 5.73 Å². The number of nitrogens with two attached hydrogens (primary N) is 1. The van der Waals surface area contributed by atoms with E-state index >= 15 is 0 Å². The van der Waals surface area contributed by atoms with Crippen molar-refractivity contribution in [3.8, 4) is 0 Å². The van der Waals surface area contributed by atoms with Gasteiger partial charge in [0.1, 0.15) is 0 Å². The molecule has 0 atom stereocenters. The predicted octanol–water partition coefficient (Wildman–Crippen LogP) is 1.49. The second-order valence-corrected chi connectivity index (χ2v) is 6.97. The number of hydrogen-bond donors (Lipinski definition) is 1. The zero-order valence-corrected chi connectivity index (χ0v) is 12.1. The predicted molar refractivity (Wildman–Crippen MR) is 74.0 cm³/mol. The summed E-state index contributed by atoms with van der Waals surface area (Å²) in [4.78, 5) is 4.03. The van der Waals surface area contributed by atoms with Gasteiger partial charge in [-0.15, -0.1) is 0 Å². The van der Waals surface area contributed by atoms with Crippen molar-refractivity contribution in [2.24, 2.45) is 5.73 Å². The van der Waals surface area contributed by atoms with Crippen molar-refractivity contribution in [3.63, 3.8) is 0 Å². The number of rotatable bonds is 4. The molecular formula is C13H21N3O2S. The average Bonchev–Trinajstić information content (AvgIpc) is 2.47. The summed E-state index contributed by atoms with van der Waals surface area (Å²) >= 11 is 0. The van der Waals surface area contributed by atoms with Gasteiger partial charge in [-0.25, -0.2) is 13.4 Å². The summed E-state index contributed by atoms with van der Waals surface area (Å²) in [5.74, 6) is 0. The van der Waals surface area contributed by atoms with Gasteiger partial charge in [-0.2, -0.15) is 4.31 Å². The van der Waals surface area contributed by atoms with Crippen molar-refractivity contribution in [2.75, 3.05) is 7.05 Å². The van der Waals surface area contributed by atoms with Crippen LogP contribution in [0.2, 0.25) is 0 Å². The van der Waals surface area contributed by atoms with E-state index in [1.807, 2.05) is 0 Å². The molecular weight excluding hydrogens is 262 g/mol. The molecule has 2 N–H and O–H groups in total. The lowest BCUT2D eigenvalue weighted by Gasteiger charge is -2.30. The summed E-state index contributed by atoms with van der Waals surface area (Å²) in [5, 5.41) is 0.109. The second-order valence-electron chi connectivity index (χ2n) is 5.02. The molecule has 1 heterocycles. The van der Waals surface area contributed by atoms with Gasteiger partial charge in [0.2, 0.25) is 0 Å². The Morgan fingerprint density at radius 2 is 2.00 bits per heavy atom. The monoisotopic (exact) mass is 283 g/mol. The maximum atomic E-state index is 12.5. The third-order valence-electron chi connectivity index (χ3n) is 3.77. The highest BCUT2D eigenvalue weighted by molar-refractivity contribution is 7.89. The first-order valence-electron chi connectivity index (χ1n) is 6.68. The Hall–Kier alpha value is -0.980. The van der Waals surface area contributed by atoms with Crippen LogP contribution >= 0.6 is 0 Å². The Bertz CT molecular complexity index is 507. The summed E-state index contributed by atoms with van der Waals surface area (Å²) < 4.78 is 26.4. The molecule has 0 radical (unpaired) electrons. The third kappa shape index (κ3) is 3.13. The van der Waals surface area contributed by atoms with Gasteiger partial charge in [-0.05, 0) is 24.5 Å². The standard InChI is InChI=1S/C13H21N3O2S/c1-16(12-5-3-2-4-6-12)19(17,18)13-8-7-11(9-14)10-15-13/h7-8,10,12H,2-6,9,14H2,1H3. The first-order chi connectivity index (χ1) is 9.05. The summed E-state index contributed by atoms with van der Waals surface area (Å²) in [6, 6.07) is 3.36. The van der Waals surface area contributed by atoms with Crippen LogP contribution in [-0.2, 0) is 16.6 Å². The lowest BCUT2D eigenvalue weighted by Crippen LogP contribution is -2.38. The number of sulfonamides is 1. The molecule has 0 amide bonds. The average molecular weight is 283 g/mol. The van der Waals surface area contributed by atoms with Gasteiger partial charge in [-0.3, -0.25) is 0 Å². The van der Waals surface area contributed by atoms with E-state index in [0.29, 0.717) is 6.54 Å². The maximum Gasteiger partial charge on any atom is 0.260 e. The van der Waals surface area contributed by atoms with Crippen molar-refractivity contribution in [3.05, 3.63) is 23.9 Å². The molecule has 106 valence electrons. The Morgan fingerprint density at radius 3 is 2.53 bits per heavy atom. The van der Waals surface area contributed by atoms with Gasteiger partial charge in [0.05, 0.1) is 0 Å². The van der Waals surface area contributed by atoms with Crippen LogP contribution in [0.25, 0.3) is 0 Å². The number of hydrogen-bond acceptors (Lipinski definition) is 4. The molecule has 1 fully saturated rings. The van der Waals surface area contributed by atoms with Crippen molar-refractivity contribution >= 4 is 10.0 Å². The van der Waals surface area contributed by atoms with Crippen LogP contribution in [0.15, 0.2) is 23.4 Å². The molecule has 19 heavy (non-hydrogen) atoms. The quantitative estimate of drug-likeness (QED) is 0.908. The molecule has 2 rings (SSSR count). The number of aromatic nitrogens is 1. The molecule has 1 aliphatic carbocycles. The van der Waals surface area contributed by atoms with Crippen LogP contribution in [0, 0.1) is 0 Å². The number of pyridine rings is 1. The molecule has 0 saturated heterocycles. The Labute approximate surface area is 114 Å². The van der Waals surface area contributed by atoms with Gasteiger partial charge in [-0.1, -0.05) is 25.3 Å². The molecule has 0 bridgehead atoms. The molecule has 1 saturated carbocycles.